The maximum absolute atomic E-state index is 11.4. The molecule has 88 valence electrons. The molecular formula is C13H11BrClNO. The molecule has 2 nitrogen and oxygen atoms in total. The molecule has 0 radical (unpaired) electrons. The molecule has 0 aliphatic heterocycles. The van der Waals surface area contributed by atoms with Crippen LogP contribution in [0.25, 0.3) is 5.69 Å². The second kappa shape index (κ2) is 4.67. The zero-order valence-electron chi connectivity index (χ0n) is 9.50. The van der Waals surface area contributed by atoms with Gasteiger partial charge in [-0.2, -0.15) is 0 Å². The van der Waals surface area contributed by atoms with Crippen LogP contribution in [0.1, 0.15) is 11.4 Å². The third kappa shape index (κ3) is 2.45. The molecule has 0 unspecified atom stereocenters. The Morgan fingerprint density at radius 2 is 1.71 bits per heavy atom. The molecule has 0 amide bonds. The molecule has 0 bridgehead atoms. The van der Waals surface area contributed by atoms with Crippen LogP contribution >= 0.6 is 27.5 Å². The lowest BCUT2D eigenvalue weighted by Gasteiger charge is -2.15. The first-order valence-electron chi connectivity index (χ1n) is 5.15. The standard InChI is InChI=1S/C13H11BrClNO/c1-8-5-11(17)6-9(2)16(8)13-4-3-10(15)7-12(13)14/h3-7H,1-2H3. The lowest BCUT2D eigenvalue weighted by atomic mass is 10.2. The van der Waals surface area contributed by atoms with Crippen LogP contribution in [0.2, 0.25) is 5.02 Å². The van der Waals surface area contributed by atoms with Crippen molar-refractivity contribution in [2.75, 3.05) is 0 Å². The summed E-state index contributed by atoms with van der Waals surface area (Å²) >= 11 is 9.41. The summed E-state index contributed by atoms with van der Waals surface area (Å²) in [6, 6.07) is 8.84. The van der Waals surface area contributed by atoms with E-state index < -0.39 is 0 Å². The van der Waals surface area contributed by atoms with Gasteiger partial charge < -0.3 is 4.57 Å². The molecule has 2 rings (SSSR count). The third-order valence-electron chi connectivity index (χ3n) is 2.56. The first kappa shape index (κ1) is 12.4. The van der Waals surface area contributed by atoms with Gasteiger partial charge in [0.1, 0.15) is 0 Å². The van der Waals surface area contributed by atoms with Gasteiger partial charge in [0.2, 0.25) is 0 Å². The monoisotopic (exact) mass is 311 g/mol. The summed E-state index contributed by atoms with van der Waals surface area (Å²) in [5.74, 6) is 0. The number of aromatic nitrogens is 1. The van der Waals surface area contributed by atoms with Crippen LogP contribution in [0.15, 0.2) is 39.6 Å². The summed E-state index contributed by atoms with van der Waals surface area (Å²) in [6.45, 7) is 3.82. The molecule has 1 heterocycles. The maximum atomic E-state index is 11.4. The molecule has 0 spiro atoms. The molecular weight excluding hydrogens is 302 g/mol. The molecule has 17 heavy (non-hydrogen) atoms. The van der Waals surface area contributed by atoms with Crippen molar-refractivity contribution in [1.29, 1.82) is 0 Å². The molecule has 0 N–H and O–H groups in total. The van der Waals surface area contributed by atoms with Crippen molar-refractivity contribution in [1.82, 2.24) is 4.57 Å². The normalized spacial score (nSPS) is 10.6. The Hall–Kier alpha value is -1.06. The van der Waals surface area contributed by atoms with Gasteiger partial charge in [0.15, 0.2) is 5.43 Å². The number of hydrogen-bond donors (Lipinski definition) is 0. The quantitative estimate of drug-likeness (QED) is 0.783. The van der Waals surface area contributed by atoms with Crippen molar-refractivity contribution in [2.45, 2.75) is 13.8 Å². The van der Waals surface area contributed by atoms with Crippen molar-refractivity contribution >= 4 is 27.5 Å². The summed E-state index contributed by atoms with van der Waals surface area (Å²) in [7, 11) is 0. The van der Waals surface area contributed by atoms with Crippen molar-refractivity contribution in [3.8, 4) is 5.69 Å². The minimum atomic E-state index is 0.0290. The van der Waals surface area contributed by atoms with E-state index in [1.807, 2.05) is 36.6 Å². The summed E-state index contributed by atoms with van der Waals surface area (Å²) in [4.78, 5) is 11.4. The number of aryl methyl sites for hydroxylation is 2. The van der Waals surface area contributed by atoms with Crippen LogP contribution in [0, 0.1) is 13.8 Å². The number of benzene rings is 1. The second-order valence-electron chi connectivity index (χ2n) is 3.90. The highest BCUT2D eigenvalue weighted by molar-refractivity contribution is 9.10. The van der Waals surface area contributed by atoms with Crippen molar-refractivity contribution in [3.05, 3.63) is 61.4 Å². The zero-order chi connectivity index (χ0) is 12.6. The van der Waals surface area contributed by atoms with E-state index in [1.54, 1.807) is 12.1 Å². The van der Waals surface area contributed by atoms with E-state index in [2.05, 4.69) is 15.9 Å². The summed E-state index contributed by atoms with van der Waals surface area (Å²) < 4.78 is 2.92. The van der Waals surface area contributed by atoms with E-state index in [9.17, 15) is 4.79 Å². The minimum Gasteiger partial charge on any atom is -0.317 e. The fraction of sp³-hybridized carbons (Fsp3) is 0.154. The fourth-order valence-electron chi connectivity index (χ4n) is 1.90. The fourth-order valence-corrected chi connectivity index (χ4v) is 2.76. The lowest BCUT2D eigenvalue weighted by Crippen LogP contribution is -2.11. The predicted octanol–water partition coefficient (Wildman–Crippen LogP) is 3.87. The summed E-state index contributed by atoms with van der Waals surface area (Å²) in [6.07, 6.45) is 0. The van der Waals surface area contributed by atoms with Gasteiger partial charge in [-0.25, -0.2) is 0 Å². The van der Waals surface area contributed by atoms with E-state index in [0.29, 0.717) is 5.02 Å². The van der Waals surface area contributed by atoms with E-state index in [0.717, 1.165) is 21.5 Å². The number of hydrogen-bond acceptors (Lipinski definition) is 1. The first-order valence-corrected chi connectivity index (χ1v) is 6.32. The van der Waals surface area contributed by atoms with Crippen molar-refractivity contribution in [2.24, 2.45) is 0 Å². The molecule has 4 heteroatoms. The van der Waals surface area contributed by atoms with E-state index in [1.165, 1.54) is 0 Å². The zero-order valence-corrected chi connectivity index (χ0v) is 11.8. The SMILES string of the molecule is Cc1cc(=O)cc(C)n1-c1ccc(Cl)cc1Br. The largest absolute Gasteiger partial charge is 0.317 e. The van der Waals surface area contributed by atoms with Gasteiger partial charge in [-0.15, -0.1) is 0 Å². The average molecular weight is 313 g/mol. The number of halogens is 2. The summed E-state index contributed by atoms with van der Waals surface area (Å²) in [5, 5.41) is 0.678. The van der Waals surface area contributed by atoms with Gasteiger partial charge in [-0.3, -0.25) is 4.79 Å². The molecule has 1 aromatic heterocycles. The first-order chi connectivity index (χ1) is 7.99. The molecule has 0 saturated carbocycles. The van der Waals surface area contributed by atoms with Gasteiger partial charge >= 0.3 is 0 Å². The Morgan fingerprint density at radius 3 is 2.24 bits per heavy atom. The predicted molar refractivity (Wildman–Crippen MR) is 74.2 cm³/mol. The van der Waals surface area contributed by atoms with Crippen LogP contribution in [-0.4, -0.2) is 4.57 Å². The van der Waals surface area contributed by atoms with Crippen molar-refractivity contribution in [3.63, 3.8) is 0 Å². The smallest absolute Gasteiger partial charge is 0.182 e. The Labute approximate surface area is 113 Å². The maximum Gasteiger partial charge on any atom is 0.182 e. The van der Waals surface area contributed by atoms with Gasteiger partial charge in [0.05, 0.1) is 5.69 Å². The molecule has 0 aliphatic rings. The highest BCUT2D eigenvalue weighted by atomic mass is 79.9. The van der Waals surface area contributed by atoms with Crippen LogP contribution in [0.5, 0.6) is 0 Å². The molecule has 0 atom stereocenters. The Kier molecular flexibility index (Phi) is 3.40. The molecule has 0 saturated heterocycles. The molecule has 1 aromatic carbocycles. The van der Waals surface area contributed by atoms with Gasteiger partial charge in [-0.05, 0) is 48.0 Å². The van der Waals surface area contributed by atoms with Gasteiger partial charge in [0, 0.05) is 33.0 Å². The molecule has 0 aliphatic carbocycles. The van der Waals surface area contributed by atoms with Gasteiger partial charge in [0.25, 0.3) is 0 Å². The lowest BCUT2D eigenvalue weighted by molar-refractivity contribution is 0.918. The van der Waals surface area contributed by atoms with Crippen LogP contribution in [0.4, 0.5) is 0 Å². The van der Waals surface area contributed by atoms with Crippen molar-refractivity contribution < 1.29 is 0 Å². The minimum absolute atomic E-state index is 0.0290. The Morgan fingerprint density at radius 1 is 1.12 bits per heavy atom. The second-order valence-corrected chi connectivity index (χ2v) is 5.20. The van der Waals surface area contributed by atoms with Gasteiger partial charge in [-0.1, -0.05) is 11.6 Å². The number of pyridine rings is 1. The highest BCUT2D eigenvalue weighted by Gasteiger charge is 2.07. The van der Waals surface area contributed by atoms with E-state index >= 15 is 0 Å². The number of rotatable bonds is 1. The van der Waals surface area contributed by atoms with E-state index in [4.69, 9.17) is 11.6 Å². The Balaban J connectivity index is 2.73. The third-order valence-corrected chi connectivity index (χ3v) is 3.43. The Bertz CT molecular complexity index is 608. The average Bonchev–Trinajstić information content (AvgIpc) is 2.19. The van der Waals surface area contributed by atoms with Crippen LogP contribution < -0.4 is 5.43 Å². The van der Waals surface area contributed by atoms with Crippen LogP contribution in [-0.2, 0) is 0 Å². The van der Waals surface area contributed by atoms with Crippen LogP contribution in [0.3, 0.4) is 0 Å². The topological polar surface area (TPSA) is 22.0 Å². The van der Waals surface area contributed by atoms with E-state index in [-0.39, 0.29) is 5.43 Å². The summed E-state index contributed by atoms with van der Waals surface area (Å²) in [5.41, 5.74) is 2.81. The molecule has 2 aromatic rings. The number of nitrogens with zero attached hydrogens (tertiary/aromatic N) is 1. The highest BCUT2D eigenvalue weighted by Crippen LogP contribution is 2.26. The molecule has 0 fully saturated rings.